The summed E-state index contributed by atoms with van der Waals surface area (Å²) in [6.45, 7) is 4.32. The number of ether oxygens (including phenoxy) is 1. The second kappa shape index (κ2) is 5.40. The van der Waals surface area contributed by atoms with E-state index in [0.29, 0.717) is 12.3 Å². The van der Waals surface area contributed by atoms with Crippen LogP contribution in [0.1, 0.15) is 29.3 Å². The van der Waals surface area contributed by atoms with E-state index in [4.69, 9.17) is 9.84 Å². The maximum Gasteiger partial charge on any atom is 0.335 e. The van der Waals surface area contributed by atoms with Crippen LogP contribution in [0.2, 0.25) is 0 Å². The van der Waals surface area contributed by atoms with Crippen LogP contribution >= 0.6 is 0 Å². The Morgan fingerprint density at radius 2 is 2.21 bits per heavy atom. The first-order valence-corrected chi connectivity index (χ1v) is 6.29. The van der Waals surface area contributed by atoms with Gasteiger partial charge in [0.1, 0.15) is 0 Å². The SMILES string of the molecule is CCOC1CC1C(=O)Nc1cc(C(=O)O)ccc1C. The highest BCUT2D eigenvalue weighted by Crippen LogP contribution is 2.35. The van der Waals surface area contributed by atoms with Crippen molar-refractivity contribution in [3.8, 4) is 0 Å². The number of carbonyl (C=O) groups excluding carboxylic acids is 1. The molecule has 5 nitrogen and oxygen atoms in total. The highest BCUT2D eigenvalue weighted by atomic mass is 16.5. The zero-order chi connectivity index (χ0) is 14.0. The minimum Gasteiger partial charge on any atom is -0.478 e. The number of carboxylic acids is 1. The lowest BCUT2D eigenvalue weighted by molar-refractivity contribution is -0.118. The molecule has 1 amide bonds. The zero-order valence-corrected chi connectivity index (χ0v) is 11.0. The number of hydrogen-bond acceptors (Lipinski definition) is 3. The summed E-state index contributed by atoms with van der Waals surface area (Å²) in [7, 11) is 0. The zero-order valence-electron chi connectivity index (χ0n) is 11.0. The molecule has 0 heterocycles. The molecule has 2 N–H and O–H groups in total. The number of carbonyl (C=O) groups is 2. The molecule has 0 aliphatic heterocycles. The third kappa shape index (κ3) is 3.12. The first-order chi connectivity index (χ1) is 9.02. The van der Waals surface area contributed by atoms with Crippen molar-refractivity contribution in [2.45, 2.75) is 26.4 Å². The van der Waals surface area contributed by atoms with Crippen molar-refractivity contribution in [1.29, 1.82) is 0 Å². The fraction of sp³-hybridized carbons (Fsp3) is 0.429. The van der Waals surface area contributed by atoms with Gasteiger partial charge in [0.25, 0.3) is 0 Å². The maximum atomic E-state index is 12.0. The number of aryl methyl sites for hydroxylation is 1. The molecule has 0 saturated heterocycles. The summed E-state index contributed by atoms with van der Waals surface area (Å²) in [6.07, 6.45) is 0.741. The van der Waals surface area contributed by atoms with Crippen molar-refractivity contribution in [3.63, 3.8) is 0 Å². The second-order valence-corrected chi connectivity index (χ2v) is 4.66. The number of amides is 1. The second-order valence-electron chi connectivity index (χ2n) is 4.66. The molecule has 0 aromatic heterocycles. The average Bonchev–Trinajstić information content (AvgIpc) is 3.11. The van der Waals surface area contributed by atoms with Crippen LogP contribution in [0.5, 0.6) is 0 Å². The number of aromatic carboxylic acids is 1. The standard InChI is InChI=1S/C14H17NO4/c1-3-19-12-7-10(12)13(16)15-11-6-9(14(17)18)5-4-8(11)2/h4-6,10,12H,3,7H2,1-2H3,(H,15,16)(H,17,18). The van der Waals surface area contributed by atoms with Gasteiger partial charge in [0.2, 0.25) is 5.91 Å². The predicted octanol–water partition coefficient (Wildman–Crippen LogP) is 2.06. The maximum absolute atomic E-state index is 12.0. The largest absolute Gasteiger partial charge is 0.478 e. The van der Waals surface area contributed by atoms with Crippen LogP contribution < -0.4 is 5.32 Å². The van der Waals surface area contributed by atoms with E-state index in [0.717, 1.165) is 12.0 Å². The van der Waals surface area contributed by atoms with E-state index < -0.39 is 5.97 Å². The van der Waals surface area contributed by atoms with Gasteiger partial charge in [-0.1, -0.05) is 6.07 Å². The first-order valence-electron chi connectivity index (χ1n) is 6.29. The molecule has 2 unspecified atom stereocenters. The van der Waals surface area contributed by atoms with Crippen LogP contribution in [0.15, 0.2) is 18.2 Å². The minimum atomic E-state index is -1.01. The molecule has 2 atom stereocenters. The van der Waals surface area contributed by atoms with Gasteiger partial charge in [-0.25, -0.2) is 4.79 Å². The summed E-state index contributed by atoms with van der Waals surface area (Å²) in [5.41, 5.74) is 1.55. The number of nitrogens with one attached hydrogen (secondary N) is 1. The quantitative estimate of drug-likeness (QED) is 0.852. The Bertz CT molecular complexity index is 512. The Kier molecular flexibility index (Phi) is 3.85. The van der Waals surface area contributed by atoms with Crippen molar-refractivity contribution in [2.75, 3.05) is 11.9 Å². The minimum absolute atomic E-state index is 0.00737. The van der Waals surface area contributed by atoms with Crippen LogP contribution in [0, 0.1) is 12.8 Å². The number of carboxylic acid groups (broad SMARTS) is 1. The topological polar surface area (TPSA) is 75.6 Å². The lowest BCUT2D eigenvalue weighted by Gasteiger charge is -2.09. The molecule has 0 spiro atoms. The van der Waals surface area contributed by atoms with Crippen molar-refractivity contribution < 1.29 is 19.4 Å². The van der Waals surface area contributed by atoms with E-state index >= 15 is 0 Å². The molecular weight excluding hydrogens is 246 g/mol. The Labute approximate surface area is 111 Å². The van der Waals surface area contributed by atoms with E-state index in [1.807, 2.05) is 13.8 Å². The van der Waals surface area contributed by atoms with Gasteiger partial charge in [0, 0.05) is 12.3 Å². The van der Waals surface area contributed by atoms with E-state index in [2.05, 4.69) is 5.32 Å². The van der Waals surface area contributed by atoms with Gasteiger partial charge < -0.3 is 15.2 Å². The summed E-state index contributed by atoms with van der Waals surface area (Å²) in [4.78, 5) is 22.9. The molecule has 1 aliphatic rings. The van der Waals surface area contributed by atoms with Gasteiger partial charge in [-0.15, -0.1) is 0 Å². The molecule has 1 aromatic carbocycles. The summed E-state index contributed by atoms with van der Waals surface area (Å²) in [6, 6.07) is 4.69. The van der Waals surface area contributed by atoms with Crippen molar-refractivity contribution >= 4 is 17.6 Å². The van der Waals surface area contributed by atoms with Gasteiger partial charge in [-0.2, -0.15) is 0 Å². The summed E-state index contributed by atoms with van der Waals surface area (Å²) >= 11 is 0. The lowest BCUT2D eigenvalue weighted by atomic mass is 10.1. The van der Waals surface area contributed by atoms with Gasteiger partial charge in [-0.05, 0) is 38.0 Å². The number of rotatable bonds is 5. The Morgan fingerprint density at radius 3 is 2.84 bits per heavy atom. The Morgan fingerprint density at radius 1 is 1.47 bits per heavy atom. The van der Waals surface area contributed by atoms with Gasteiger partial charge in [0.05, 0.1) is 17.6 Å². The third-order valence-corrected chi connectivity index (χ3v) is 3.19. The van der Waals surface area contributed by atoms with Crippen LogP contribution in [0.25, 0.3) is 0 Å². The Balaban J connectivity index is 2.05. The highest BCUT2D eigenvalue weighted by Gasteiger charge is 2.44. The highest BCUT2D eigenvalue weighted by molar-refractivity contribution is 5.97. The van der Waals surface area contributed by atoms with Gasteiger partial charge >= 0.3 is 5.97 Å². The van der Waals surface area contributed by atoms with Gasteiger partial charge in [-0.3, -0.25) is 4.79 Å². The molecule has 1 aromatic rings. The summed E-state index contributed by atoms with van der Waals surface area (Å²) < 4.78 is 5.36. The number of benzene rings is 1. The third-order valence-electron chi connectivity index (χ3n) is 3.19. The molecule has 0 radical (unpaired) electrons. The molecule has 19 heavy (non-hydrogen) atoms. The summed E-state index contributed by atoms with van der Waals surface area (Å²) in [5, 5.41) is 11.7. The molecule has 5 heteroatoms. The lowest BCUT2D eigenvalue weighted by Crippen LogP contribution is -2.17. The Hall–Kier alpha value is -1.88. The molecular formula is C14H17NO4. The van der Waals surface area contributed by atoms with Crippen LogP contribution in [0.3, 0.4) is 0 Å². The van der Waals surface area contributed by atoms with Crippen molar-refractivity contribution in [1.82, 2.24) is 0 Å². The molecule has 2 rings (SSSR count). The number of hydrogen-bond donors (Lipinski definition) is 2. The predicted molar refractivity (Wildman–Crippen MR) is 70.3 cm³/mol. The van der Waals surface area contributed by atoms with E-state index in [-0.39, 0.29) is 23.5 Å². The fourth-order valence-corrected chi connectivity index (χ4v) is 1.96. The van der Waals surface area contributed by atoms with Crippen LogP contribution in [-0.4, -0.2) is 29.7 Å². The van der Waals surface area contributed by atoms with E-state index in [9.17, 15) is 9.59 Å². The number of anilines is 1. The fourth-order valence-electron chi connectivity index (χ4n) is 1.96. The normalized spacial score (nSPS) is 20.9. The van der Waals surface area contributed by atoms with Gasteiger partial charge in [0.15, 0.2) is 0 Å². The molecule has 1 saturated carbocycles. The smallest absolute Gasteiger partial charge is 0.335 e. The van der Waals surface area contributed by atoms with E-state index in [1.54, 1.807) is 6.07 Å². The monoisotopic (exact) mass is 263 g/mol. The first kappa shape index (κ1) is 13.5. The van der Waals surface area contributed by atoms with Crippen molar-refractivity contribution in [3.05, 3.63) is 29.3 Å². The summed E-state index contributed by atoms with van der Waals surface area (Å²) in [5.74, 6) is -1.23. The molecule has 102 valence electrons. The van der Waals surface area contributed by atoms with E-state index in [1.165, 1.54) is 12.1 Å². The average molecular weight is 263 g/mol. The molecule has 1 aliphatic carbocycles. The molecule has 1 fully saturated rings. The van der Waals surface area contributed by atoms with Crippen molar-refractivity contribution in [2.24, 2.45) is 5.92 Å². The van der Waals surface area contributed by atoms with Crippen LogP contribution in [-0.2, 0) is 9.53 Å². The molecule has 0 bridgehead atoms. The van der Waals surface area contributed by atoms with Crippen LogP contribution in [0.4, 0.5) is 5.69 Å².